The quantitative estimate of drug-likeness (QED) is 0.915. The first-order valence-corrected chi connectivity index (χ1v) is 7.04. The van der Waals surface area contributed by atoms with Crippen LogP contribution in [0.15, 0.2) is 18.2 Å². The molecule has 2 fully saturated rings. The first-order chi connectivity index (χ1) is 9.27. The van der Waals surface area contributed by atoms with E-state index in [0.717, 1.165) is 11.3 Å². The van der Waals surface area contributed by atoms with Crippen molar-refractivity contribution < 1.29 is 4.74 Å². The highest BCUT2D eigenvalue weighted by atomic mass is 16.5. The van der Waals surface area contributed by atoms with E-state index in [1.807, 2.05) is 12.1 Å². The van der Waals surface area contributed by atoms with Gasteiger partial charge in [0.25, 0.3) is 0 Å². The summed E-state index contributed by atoms with van der Waals surface area (Å²) in [6, 6.07) is 6.83. The Labute approximate surface area is 112 Å². The Balaban J connectivity index is 1.94. The van der Waals surface area contributed by atoms with Crippen molar-refractivity contribution in [3.63, 3.8) is 0 Å². The third-order valence-electron chi connectivity index (χ3n) is 4.53. The number of fused-ring (bicyclic) bond motifs is 1. The number of ether oxygens (including phenoxy) is 1. The molecular formula is C15H19N3O. The lowest BCUT2D eigenvalue weighted by atomic mass is 10.1. The molecule has 2 aliphatic rings. The zero-order valence-electron chi connectivity index (χ0n) is 11.2. The van der Waals surface area contributed by atoms with E-state index in [0.29, 0.717) is 12.6 Å². The summed E-state index contributed by atoms with van der Waals surface area (Å²) in [6.07, 6.45) is 4.89. The van der Waals surface area contributed by atoms with Crippen molar-refractivity contribution in [3.8, 4) is 5.75 Å². The van der Waals surface area contributed by atoms with E-state index in [2.05, 4.69) is 10.6 Å². The summed E-state index contributed by atoms with van der Waals surface area (Å²) >= 11 is 0. The van der Waals surface area contributed by atoms with Gasteiger partial charge in [-0.05, 0) is 37.8 Å². The highest BCUT2D eigenvalue weighted by Crippen LogP contribution is 2.50. The van der Waals surface area contributed by atoms with Gasteiger partial charge in [-0.3, -0.25) is 0 Å². The number of nitrogens with zero attached hydrogens (tertiary/aromatic N) is 2. The minimum absolute atomic E-state index is 0.148. The van der Waals surface area contributed by atoms with E-state index in [4.69, 9.17) is 15.5 Å². The van der Waals surface area contributed by atoms with Crippen LogP contribution < -0.4 is 10.5 Å². The van der Waals surface area contributed by atoms with Crippen LogP contribution in [-0.2, 0) is 5.41 Å². The minimum atomic E-state index is 0.148. The predicted octanol–water partition coefficient (Wildman–Crippen LogP) is 2.37. The molecule has 2 saturated carbocycles. The van der Waals surface area contributed by atoms with Crippen LogP contribution >= 0.6 is 0 Å². The number of benzene rings is 1. The number of hydrogen-bond acceptors (Lipinski definition) is 3. The standard InChI is InChI=1S/C15H19N3O/c1-19-11-4-5-13-12(8-11)17-14(15(9-16)6-7-15)18(13)10-2-3-10/h4-5,8,10H,2-3,6-7,9,16H2,1H3. The van der Waals surface area contributed by atoms with Crippen LogP contribution in [0.25, 0.3) is 11.0 Å². The van der Waals surface area contributed by atoms with Gasteiger partial charge in [-0.25, -0.2) is 4.98 Å². The van der Waals surface area contributed by atoms with Gasteiger partial charge < -0.3 is 15.0 Å². The van der Waals surface area contributed by atoms with Gasteiger partial charge in [0.1, 0.15) is 11.6 Å². The Morgan fingerprint density at radius 2 is 2.21 bits per heavy atom. The lowest BCUT2D eigenvalue weighted by Crippen LogP contribution is -2.24. The number of nitrogens with two attached hydrogens (primary N) is 1. The molecule has 19 heavy (non-hydrogen) atoms. The van der Waals surface area contributed by atoms with Crippen molar-refractivity contribution >= 4 is 11.0 Å². The summed E-state index contributed by atoms with van der Waals surface area (Å²) in [7, 11) is 1.70. The van der Waals surface area contributed by atoms with Crippen molar-refractivity contribution in [3.05, 3.63) is 24.0 Å². The maximum Gasteiger partial charge on any atom is 0.121 e. The van der Waals surface area contributed by atoms with Crippen LogP contribution in [0.1, 0.15) is 37.5 Å². The summed E-state index contributed by atoms with van der Waals surface area (Å²) in [5.74, 6) is 2.08. The molecule has 1 aromatic heterocycles. The zero-order valence-corrected chi connectivity index (χ0v) is 11.2. The van der Waals surface area contributed by atoms with E-state index >= 15 is 0 Å². The van der Waals surface area contributed by atoms with Gasteiger partial charge in [0.2, 0.25) is 0 Å². The molecule has 0 bridgehead atoms. The Bertz CT molecular complexity index is 638. The highest BCUT2D eigenvalue weighted by Gasteiger charge is 2.48. The number of rotatable bonds is 4. The van der Waals surface area contributed by atoms with E-state index in [9.17, 15) is 0 Å². The second-order valence-corrected chi connectivity index (χ2v) is 5.88. The molecule has 1 aromatic carbocycles. The lowest BCUT2D eigenvalue weighted by molar-refractivity contribution is 0.415. The fraction of sp³-hybridized carbons (Fsp3) is 0.533. The molecule has 2 N–H and O–H groups in total. The monoisotopic (exact) mass is 257 g/mol. The number of methoxy groups -OCH3 is 1. The van der Waals surface area contributed by atoms with Crippen molar-refractivity contribution in [2.45, 2.75) is 37.1 Å². The molecule has 2 aliphatic carbocycles. The molecule has 0 aliphatic heterocycles. The van der Waals surface area contributed by atoms with Crippen molar-refractivity contribution in [2.75, 3.05) is 13.7 Å². The van der Waals surface area contributed by atoms with Crippen LogP contribution in [0.3, 0.4) is 0 Å². The molecule has 2 aromatic rings. The molecule has 4 rings (SSSR count). The lowest BCUT2D eigenvalue weighted by Gasteiger charge is -2.15. The normalized spacial score (nSPS) is 20.7. The highest BCUT2D eigenvalue weighted by molar-refractivity contribution is 5.78. The molecule has 0 unspecified atom stereocenters. The van der Waals surface area contributed by atoms with E-state index in [-0.39, 0.29) is 5.41 Å². The van der Waals surface area contributed by atoms with Gasteiger partial charge in [0, 0.05) is 24.1 Å². The minimum Gasteiger partial charge on any atom is -0.497 e. The van der Waals surface area contributed by atoms with E-state index < -0.39 is 0 Å². The molecule has 0 spiro atoms. The average molecular weight is 257 g/mol. The second-order valence-electron chi connectivity index (χ2n) is 5.88. The molecule has 1 heterocycles. The van der Waals surface area contributed by atoms with E-state index in [1.165, 1.54) is 37.0 Å². The first-order valence-electron chi connectivity index (χ1n) is 7.04. The van der Waals surface area contributed by atoms with Crippen LogP contribution in [0.2, 0.25) is 0 Å². The summed E-state index contributed by atoms with van der Waals surface area (Å²) in [5, 5.41) is 0. The Kier molecular flexibility index (Phi) is 2.22. The Hall–Kier alpha value is -1.55. The predicted molar refractivity (Wildman–Crippen MR) is 74.5 cm³/mol. The third-order valence-corrected chi connectivity index (χ3v) is 4.53. The largest absolute Gasteiger partial charge is 0.497 e. The SMILES string of the molecule is COc1ccc2c(c1)nc(C1(CN)CC1)n2C1CC1. The molecular weight excluding hydrogens is 238 g/mol. The first kappa shape index (κ1) is 11.3. The summed E-state index contributed by atoms with van der Waals surface area (Å²) < 4.78 is 7.74. The molecule has 0 radical (unpaired) electrons. The smallest absolute Gasteiger partial charge is 0.121 e. The average Bonchev–Trinajstić information content (AvgIpc) is 3.35. The summed E-state index contributed by atoms with van der Waals surface area (Å²) in [4.78, 5) is 4.89. The van der Waals surface area contributed by atoms with Crippen molar-refractivity contribution in [2.24, 2.45) is 5.73 Å². The van der Waals surface area contributed by atoms with Gasteiger partial charge in [-0.2, -0.15) is 0 Å². The zero-order chi connectivity index (χ0) is 13.0. The van der Waals surface area contributed by atoms with Gasteiger partial charge in [-0.15, -0.1) is 0 Å². The second kappa shape index (κ2) is 3.73. The maximum absolute atomic E-state index is 5.99. The van der Waals surface area contributed by atoms with Crippen LogP contribution in [-0.4, -0.2) is 23.2 Å². The Morgan fingerprint density at radius 1 is 1.42 bits per heavy atom. The van der Waals surface area contributed by atoms with Gasteiger partial charge in [-0.1, -0.05) is 0 Å². The van der Waals surface area contributed by atoms with Gasteiger partial charge >= 0.3 is 0 Å². The molecule has 0 saturated heterocycles. The molecule has 100 valence electrons. The summed E-state index contributed by atoms with van der Waals surface area (Å²) in [6.45, 7) is 0.709. The maximum atomic E-state index is 5.99. The number of aromatic nitrogens is 2. The molecule has 4 heteroatoms. The number of hydrogen-bond donors (Lipinski definition) is 1. The third kappa shape index (κ3) is 1.59. The van der Waals surface area contributed by atoms with Crippen LogP contribution in [0.4, 0.5) is 0 Å². The van der Waals surface area contributed by atoms with Crippen molar-refractivity contribution in [1.29, 1.82) is 0 Å². The molecule has 4 nitrogen and oxygen atoms in total. The number of imidazole rings is 1. The van der Waals surface area contributed by atoms with E-state index in [1.54, 1.807) is 7.11 Å². The van der Waals surface area contributed by atoms with Gasteiger partial charge in [0.05, 0.1) is 18.1 Å². The van der Waals surface area contributed by atoms with Gasteiger partial charge in [0.15, 0.2) is 0 Å². The fourth-order valence-corrected chi connectivity index (χ4v) is 2.95. The van der Waals surface area contributed by atoms with Crippen molar-refractivity contribution in [1.82, 2.24) is 9.55 Å². The molecule has 0 atom stereocenters. The fourth-order valence-electron chi connectivity index (χ4n) is 2.95. The topological polar surface area (TPSA) is 53.1 Å². The summed E-state index contributed by atoms with van der Waals surface area (Å²) in [5.41, 5.74) is 8.41. The van der Waals surface area contributed by atoms with Crippen LogP contribution in [0.5, 0.6) is 5.75 Å². The van der Waals surface area contributed by atoms with Crippen LogP contribution in [0, 0.1) is 0 Å². The Morgan fingerprint density at radius 3 is 2.79 bits per heavy atom. The molecule has 0 amide bonds.